The van der Waals surface area contributed by atoms with Crippen molar-refractivity contribution in [3.8, 4) is 22.6 Å². The number of nitrogens with zero attached hydrogens (tertiary/aromatic N) is 7. The van der Waals surface area contributed by atoms with Crippen molar-refractivity contribution in [3.63, 3.8) is 0 Å². The fraction of sp³-hybridized carbons (Fsp3) is 0.237. The van der Waals surface area contributed by atoms with Crippen LogP contribution in [0.3, 0.4) is 0 Å². The molecule has 0 bridgehead atoms. The van der Waals surface area contributed by atoms with Gasteiger partial charge in [-0.25, -0.2) is 9.97 Å². The molecule has 7 rings (SSSR count). The average molecular weight is 704 g/mol. The number of nitrogens with one attached hydrogen (secondary N) is 2. The Morgan fingerprint density at radius 3 is 2.35 bits per heavy atom. The van der Waals surface area contributed by atoms with E-state index in [9.17, 15) is 4.79 Å². The summed E-state index contributed by atoms with van der Waals surface area (Å²) in [5.74, 6) is 1.78. The van der Waals surface area contributed by atoms with E-state index >= 15 is 0 Å². The van der Waals surface area contributed by atoms with Gasteiger partial charge >= 0.3 is 0 Å². The lowest BCUT2D eigenvalue weighted by atomic mass is 10.0. The van der Waals surface area contributed by atoms with Crippen molar-refractivity contribution < 1.29 is 14.3 Å². The number of halogens is 1. The molecule has 1 saturated heterocycles. The van der Waals surface area contributed by atoms with Crippen molar-refractivity contribution in [1.82, 2.24) is 29.5 Å². The minimum atomic E-state index is -0.272. The fourth-order valence-electron chi connectivity index (χ4n) is 6.21. The standard InChI is InChI=1S/C38H38ClN9O3/c1-5-34(49)41-26-9-7-24(8-10-26)19-33-43-37-31(30-21-29(50-3)22-32(51-4)35(30)39)20-25-23-40-38(44-36(25)48(37)45-33)42-27-11-13-28(14-12-27)47-17-15-46(6-2)16-18-47/h5,7-14,20-23H,1,6,15-19H2,2-4H3,(H,41,49)(H,40,42,44). The molecule has 260 valence electrons. The Labute approximate surface area is 300 Å². The van der Waals surface area contributed by atoms with Gasteiger partial charge < -0.3 is 29.9 Å². The third kappa shape index (κ3) is 7.14. The molecule has 12 nitrogen and oxygen atoms in total. The van der Waals surface area contributed by atoms with Crippen molar-refractivity contribution in [2.75, 3.05) is 62.5 Å². The second-order valence-electron chi connectivity index (χ2n) is 12.1. The number of hydrogen-bond donors (Lipinski definition) is 2. The smallest absolute Gasteiger partial charge is 0.247 e. The summed E-state index contributed by atoms with van der Waals surface area (Å²) in [6, 6.07) is 21.4. The molecule has 1 aliphatic heterocycles. The normalized spacial score (nSPS) is 13.4. The van der Waals surface area contributed by atoms with Crippen molar-refractivity contribution in [2.24, 2.45) is 0 Å². The van der Waals surface area contributed by atoms with E-state index < -0.39 is 0 Å². The SMILES string of the molecule is C=CC(=O)Nc1ccc(Cc2nc3c(-c4cc(OC)cc(OC)c4Cl)cc4cnc(Nc5ccc(N6CCN(CC)CC6)cc5)nc4n3n2)cc1. The number of methoxy groups -OCH3 is 2. The first-order valence-corrected chi connectivity index (χ1v) is 17.1. The molecule has 1 fully saturated rings. The van der Waals surface area contributed by atoms with E-state index in [1.165, 1.54) is 11.8 Å². The van der Waals surface area contributed by atoms with Gasteiger partial charge in [-0.3, -0.25) is 4.79 Å². The molecule has 0 spiro atoms. The van der Waals surface area contributed by atoms with Gasteiger partial charge in [0, 0.05) is 78.4 Å². The van der Waals surface area contributed by atoms with Crippen LogP contribution in [-0.4, -0.2) is 82.3 Å². The van der Waals surface area contributed by atoms with Gasteiger partial charge in [-0.15, -0.1) is 5.10 Å². The summed E-state index contributed by atoms with van der Waals surface area (Å²) in [5, 5.41) is 12.2. The minimum absolute atomic E-state index is 0.272. The van der Waals surface area contributed by atoms with Gasteiger partial charge in [0.2, 0.25) is 11.9 Å². The molecular formula is C38H38ClN9O3. The lowest BCUT2D eigenvalue weighted by Gasteiger charge is -2.35. The highest BCUT2D eigenvalue weighted by Crippen LogP contribution is 2.41. The van der Waals surface area contributed by atoms with Crippen LogP contribution in [0.4, 0.5) is 23.0 Å². The minimum Gasteiger partial charge on any atom is -0.497 e. The van der Waals surface area contributed by atoms with Gasteiger partial charge in [0.25, 0.3) is 0 Å². The predicted molar refractivity (Wildman–Crippen MR) is 202 cm³/mol. The van der Waals surface area contributed by atoms with E-state index in [-0.39, 0.29) is 5.91 Å². The summed E-state index contributed by atoms with van der Waals surface area (Å²) in [7, 11) is 3.16. The van der Waals surface area contributed by atoms with E-state index in [1.54, 1.807) is 31.0 Å². The van der Waals surface area contributed by atoms with Gasteiger partial charge in [0.05, 0.1) is 19.2 Å². The maximum Gasteiger partial charge on any atom is 0.247 e. The lowest BCUT2D eigenvalue weighted by Crippen LogP contribution is -2.46. The Balaban J connectivity index is 1.25. The highest BCUT2D eigenvalue weighted by Gasteiger charge is 2.21. The first kappa shape index (κ1) is 33.8. The number of carbonyl (C=O) groups is 1. The molecule has 51 heavy (non-hydrogen) atoms. The molecule has 3 aromatic carbocycles. The van der Waals surface area contributed by atoms with Crippen LogP contribution in [0.5, 0.6) is 11.5 Å². The molecule has 0 radical (unpaired) electrons. The first-order valence-electron chi connectivity index (χ1n) is 16.7. The molecule has 0 aliphatic carbocycles. The van der Waals surface area contributed by atoms with Gasteiger partial charge in [-0.1, -0.05) is 37.2 Å². The summed E-state index contributed by atoms with van der Waals surface area (Å²) in [4.78, 5) is 31.2. The Hall–Kier alpha value is -5.72. The summed E-state index contributed by atoms with van der Waals surface area (Å²) >= 11 is 6.89. The highest BCUT2D eigenvalue weighted by molar-refractivity contribution is 6.35. The van der Waals surface area contributed by atoms with Crippen LogP contribution in [0.15, 0.2) is 85.6 Å². The summed E-state index contributed by atoms with van der Waals surface area (Å²) < 4.78 is 12.9. The summed E-state index contributed by atoms with van der Waals surface area (Å²) in [6.45, 7) is 11.0. The highest BCUT2D eigenvalue weighted by atomic mass is 35.5. The average Bonchev–Trinajstić information content (AvgIpc) is 3.60. The largest absolute Gasteiger partial charge is 0.497 e. The van der Waals surface area contributed by atoms with Crippen LogP contribution in [0.1, 0.15) is 18.3 Å². The van der Waals surface area contributed by atoms with Crippen LogP contribution >= 0.6 is 11.6 Å². The van der Waals surface area contributed by atoms with Crippen LogP contribution in [0, 0.1) is 0 Å². The van der Waals surface area contributed by atoms with Crippen molar-refractivity contribution in [1.29, 1.82) is 0 Å². The van der Waals surface area contributed by atoms with E-state index in [2.05, 4.69) is 51.1 Å². The number of fused-ring (bicyclic) bond motifs is 3. The number of likely N-dealkylation sites (N-methyl/N-ethyl adjacent to an activating group) is 1. The second kappa shape index (κ2) is 14.6. The zero-order valence-corrected chi connectivity index (χ0v) is 29.4. The zero-order valence-electron chi connectivity index (χ0n) is 28.7. The number of piperazine rings is 1. The van der Waals surface area contributed by atoms with Gasteiger partial charge in [0.15, 0.2) is 17.1 Å². The monoisotopic (exact) mass is 703 g/mol. The first-order chi connectivity index (χ1) is 24.8. The fourth-order valence-corrected chi connectivity index (χ4v) is 6.50. The number of amides is 1. The van der Waals surface area contributed by atoms with Gasteiger partial charge in [0.1, 0.15) is 11.5 Å². The molecule has 1 aliphatic rings. The third-order valence-electron chi connectivity index (χ3n) is 9.02. The molecule has 1 amide bonds. The number of hydrogen-bond acceptors (Lipinski definition) is 10. The van der Waals surface area contributed by atoms with Gasteiger partial charge in [-0.05, 0) is 66.7 Å². The summed E-state index contributed by atoms with van der Waals surface area (Å²) in [5.41, 5.74) is 6.21. The Morgan fingerprint density at radius 1 is 0.922 bits per heavy atom. The molecular weight excluding hydrogens is 666 g/mol. The number of benzene rings is 3. The molecule has 4 heterocycles. The zero-order chi connectivity index (χ0) is 35.5. The molecule has 0 atom stereocenters. The Morgan fingerprint density at radius 2 is 1.67 bits per heavy atom. The second-order valence-corrected chi connectivity index (χ2v) is 12.5. The Bertz CT molecular complexity index is 2210. The lowest BCUT2D eigenvalue weighted by molar-refractivity contribution is -0.111. The number of anilines is 4. The Kier molecular flexibility index (Phi) is 9.69. The van der Waals surface area contributed by atoms with Crippen LogP contribution < -0.4 is 25.0 Å². The maximum atomic E-state index is 11.7. The summed E-state index contributed by atoms with van der Waals surface area (Å²) in [6.07, 6.45) is 3.43. The number of ether oxygens (including phenoxy) is 2. The number of carbonyl (C=O) groups excluding carboxylic acids is 1. The maximum absolute atomic E-state index is 11.7. The molecule has 2 N–H and O–H groups in total. The number of aromatic nitrogens is 5. The third-order valence-corrected chi connectivity index (χ3v) is 9.41. The van der Waals surface area contributed by atoms with Crippen LogP contribution in [0.25, 0.3) is 27.8 Å². The molecule has 6 aromatic rings. The number of pyridine rings is 1. The number of rotatable bonds is 11. The van der Waals surface area contributed by atoms with Crippen molar-refractivity contribution >= 4 is 57.2 Å². The molecule has 0 unspecified atom stereocenters. The molecule has 0 saturated carbocycles. The molecule has 3 aromatic heterocycles. The van der Waals surface area contributed by atoms with E-state index in [1.807, 2.05) is 48.5 Å². The van der Waals surface area contributed by atoms with Crippen molar-refractivity contribution in [3.05, 3.63) is 102 Å². The molecule has 13 heteroatoms. The topological polar surface area (TPSA) is 122 Å². The predicted octanol–water partition coefficient (Wildman–Crippen LogP) is 6.61. The van der Waals surface area contributed by atoms with E-state index in [0.717, 1.165) is 49.4 Å². The van der Waals surface area contributed by atoms with E-state index in [4.69, 9.17) is 36.1 Å². The van der Waals surface area contributed by atoms with Gasteiger partial charge in [-0.2, -0.15) is 9.50 Å². The van der Waals surface area contributed by atoms with Crippen LogP contribution in [-0.2, 0) is 11.2 Å². The van der Waals surface area contributed by atoms with E-state index in [0.29, 0.717) is 62.8 Å². The quantitative estimate of drug-likeness (QED) is 0.143. The van der Waals surface area contributed by atoms with Crippen molar-refractivity contribution in [2.45, 2.75) is 13.3 Å². The van der Waals surface area contributed by atoms with Crippen LogP contribution in [0.2, 0.25) is 5.02 Å².